The molecule has 0 aliphatic carbocycles. The summed E-state index contributed by atoms with van der Waals surface area (Å²) in [4.78, 5) is 11.9. The van der Waals surface area contributed by atoms with Crippen LogP contribution in [0.15, 0.2) is 16.7 Å². The Bertz CT molecular complexity index is 412. The van der Waals surface area contributed by atoms with Gasteiger partial charge < -0.3 is 9.52 Å². The van der Waals surface area contributed by atoms with Crippen molar-refractivity contribution in [2.75, 3.05) is 6.54 Å². The molecule has 102 valence electrons. The highest BCUT2D eigenvalue weighted by Crippen LogP contribution is 2.21. The molecular weight excluding hydrogens is 251 g/mol. The average Bonchev–Trinajstić information content (AvgIpc) is 2.62. The molecule has 1 aromatic rings. The van der Waals surface area contributed by atoms with Gasteiger partial charge in [0.15, 0.2) is 0 Å². The SMILES string of the molecule is CC(C)N(Cc1ccoc1C(=O)O)CC(F)(F)F. The molecule has 0 fully saturated rings. The molecule has 0 amide bonds. The molecule has 0 saturated heterocycles. The first kappa shape index (κ1) is 14.6. The second kappa shape index (κ2) is 5.43. The predicted molar refractivity (Wildman–Crippen MR) is 57.3 cm³/mol. The maximum Gasteiger partial charge on any atom is 0.401 e. The van der Waals surface area contributed by atoms with Crippen LogP contribution >= 0.6 is 0 Å². The summed E-state index contributed by atoms with van der Waals surface area (Å²) < 4.78 is 41.8. The van der Waals surface area contributed by atoms with Crippen molar-refractivity contribution in [2.24, 2.45) is 0 Å². The summed E-state index contributed by atoms with van der Waals surface area (Å²) >= 11 is 0. The second-order valence-electron chi connectivity index (χ2n) is 4.19. The summed E-state index contributed by atoms with van der Waals surface area (Å²) in [5.41, 5.74) is 0.237. The number of carbonyl (C=O) groups is 1. The van der Waals surface area contributed by atoms with Crippen LogP contribution in [0.5, 0.6) is 0 Å². The van der Waals surface area contributed by atoms with E-state index in [0.29, 0.717) is 0 Å². The van der Waals surface area contributed by atoms with Gasteiger partial charge in [-0.1, -0.05) is 0 Å². The van der Waals surface area contributed by atoms with E-state index in [-0.39, 0.29) is 23.9 Å². The number of alkyl halides is 3. The van der Waals surface area contributed by atoms with Gasteiger partial charge in [0.25, 0.3) is 0 Å². The molecule has 0 aliphatic rings. The van der Waals surface area contributed by atoms with Gasteiger partial charge >= 0.3 is 12.1 Å². The van der Waals surface area contributed by atoms with Gasteiger partial charge in [-0.15, -0.1) is 0 Å². The number of rotatable bonds is 5. The van der Waals surface area contributed by atoms with Gasteiger partial charge in [-0.2, -0.15) is 13.2 Å². The number of aromatic carboxylic acids is 1. The third-order valence-corrected chi connectivity index (χ3v) is 2.43. The van der Waals surface area contributed by atoms with E-state index in [4.69, 9.17) is 9.52 Å². The number of furan rings is 1. The van der Waals surface area contributed by atoms with E-state index in [1.54, 1.807) is 13.8 Å². The van der Waals surface area contributed by atoms with Crippen LogP contribution in [0.4, 0.5) is 13.2 Å². The minimum absolute atomic E-state index is 0.116. The van der Waals surface area contributed by atoms with Crippen molar-refractivity contribution in [3.63, 3.8) is 0 Å². The van der Waals surface area contributed by atoms with Gasteiger partial charge in [0.1, 0.15) is 0 Å². The second-order valence-corrected chi connectivity index (χ2v) is 4.19. The van der Waals surface area contributed by atoms with Crippen LogP contribution < -0.4 is 0 Å². The molecule has 0 spiro atoms. The molecule has 1 N–H and O–H groups in total. The van der Waals surface area contributed by atoms with E-state index in [1.807, 2.05) is 0 Å². The van der Waals surface area contributed by atoms with E-state index in [2.05, 4.69) is 0 Å². The molecule has 1 rings (SSSR count). The van der Waals surface area contributed by atoms with Gasteiger partial charge in [-0.25, -0.2) is 4.79 Å². The van der Waals surface area contributed by atoms with Crippen molar-refractivity contribution in [3.8, 4) is 0 Å². The van der Waals surface area contributed by atoms with Gasteiger partial charge in [0, 0.05) is 18.2 Å². The predicted octanol–water partition coefficient (Wildman–Crippen LogP) is 2.75. The normalized spacial score (nSPS) is 12.4. The van der Waals surface area contributed by atoms with E-state index >= 15 is 0 Å². The first-order valence-corrected chi connectivity index (χ1v) is 5.31. The first-order valence-electron chi connectivity index (χ1n) is 5.31. The van der Waals surface area contributed by atoms with Crippen LogP contribution in [0.25, 0.3) is 0 Å². The van der Waals surface area contributed by atoms with Crippen molar-refractivity contribution < 1.29 is 27.5 Å². The highest BCUT2D eigenvalue weighted by Gasteiger charge is 2.32. The Balaban J connectivity index is 2.84. The van der Waals surface area contributed by atoms with E-state index in [0.717, 1.165) is 11.2 Å². The molecule has 1 aromatic heterocycles. The zero-order valence-electron chi connectivity index (χ0n) is 9.99. The fourth-order valence-corrected chi connectivity index (χ4v) is 1.52. The summed E-state index contributed by atoms with van der Waals surface area (Å²) in [6.45, 7) is 2.03. The van der Waals surface area contributed by atoms with Crippen molar-refractivity contribution in [1.82, 2.24) is 4.90 Å². The Labute approximate surface area is 102 Å². The van der Waals surface area contributed by atoms with Crippen molar-refractivity contribution in [1.29, 1.82) is 0 Å². The lowest BCUT2D eigenvalue weighted by molar-refractivity contribution is -0.150. The van der Waals surface area contributed by atoms with Crippen molar-refractivity contribution in [2.45, 2.75) is 32.6 Å². The standard InChI is InChI=1S/C11H14F3NO3/c1-7(2)15(6-11(12,13)14)5-8-3-4-18-9(8)10(16)17/h3-4,7H,5-6H2,1-2H3,(H,16,17). The maximum atomic E-state index is 12.4. The molecule has 0 bridgehead atoms. The number of hydrogen-bond acceptors (Lipinski definition) is 3. The molecule has 0 atom stereocenters. The lowest BCUT2D eigenvalue weighted by atomic mass is 10.2. The molecule has 18 heavy (non-hydrogen) atoms. The molecule has 4 nitrogen and oxygen atoms in total. The highest BCUT2D eigenvalue weighted by atomic mass is 19.4. The topological polar surface area (TPSA) is 53.7 Å². The highest BCUT2D eigenvalue weighted by molar-refractivity contribution is 5.86. The minimum Gasteiger partial charge on any atom is -0.475 e. The van der Waals surface area contributed by atoms with Crippen molar-refractivity contribution in [3.05, 3.63) is 23.7 Å². The molecule has 0 unspecified atom stereocenters. The third kappa shape index (κ3) is 4.06. The average molecular weight is 265 g/mol. The Kier molecular flexibility index (Phi) is 4.39. The van der Waals surface area contributed by atoms with E-state index in [9.17, 15) is 18.0 Å². The summed E-state index contributed by atoms with van der Waals surface area (Å²) in [5, 5.41) is 8.80. The Morgan fingerprint density at radius 3 is 2.56 bits per heavy atom. The lowest BCUT2D eigenvalue weighted by Gasteiger charge is -2.27. The van der Waals surface area contributed by atoms with Crippen LogP contribution in [-0.4, -0.2) is 34.7 Å². The molecule has 0 radical (unpaired) electrons. The van der Waals surface area contributed by atoms with Crippen LogP contribution in [0.3, 0.4) is 0 Å². The molecule has 0 aromatic carbocycles. The molecule has 0 saturated carbocycles. The Morgan fingerprint density at radius 2 is 2.11 bits per heavy atom. The largest absolute Gasteiger partial charge is 0.475 e. The number of hydrogen-bond donors (Lipinski definition) is 1. The first-order chi connectivity index (χ1) is 8.20. The van der Waals surface area contributed by atoms with Gasteiger partial charge in [0.05, 0.1) is 12.8 Å². The third-order valence-electron chi connectivity index (χ3n) is 2.43. The van der Waals surface area contributed by atoms with Crippen LogP contribution in [0.2, 0.25) is 0 Å². The van der Waals surface area contributed by atoms with Crippen LogP contribution in [-0.2, 0) is 6.54 Å². The zero-order chi connectivity index (χ0) is 13.9. The van der Waals surface area contributed by atoms with Crippen molar-refractivity contribution >= 4 is 5.97 Å². The smallest absolute Gasteiger partial charge is 0.401 e. The van der Waals surface area contributed by atoms with E-state index in [1.165, 1.54) is 6.07 Å². The fourth-order valence-electron chi connectivity index (χ4n) is 1.52. The van der Waals surface area contributed by atoms with E-state index < -0.39 is 18.7 Å². The van der Waals surface area contributed by atoms with Gasteiger partial charge in [-0.3, -0.25) is 4.90 Å². The number of halogens is 3. The summed E-state index contributed by atoms with van der Waals surface area (Å²) in [6, 6.07) is 1.01. The quantitative estimate of drug-likeness (QED) is 0.889. The monoisotopic (exact) mass is 265 g/mol. The molecular formula is C11H14F3NO3. The zero-order valence-corrected chi connectivity index (χ0v) is 9.99. The van der Waals surface area contributed by atoms with Gasteiger partial charge in [0.2, 0.25) is 5.76 Å². The van der Waals surface area contributed by atoms with Crippen LogP contribution in [0, 0.1) is 0 Å². The minimum atomic E-state index is -4.32. The fraction of sp³-hybridized carbons (Fsp3) is 0.545. The molecule has 7 heteroatoms. The maximum absolute atomic E-state index is 12.4. The number of carboxylic acids is 1. The van der Waals surface area contributed by atoms with Crippen LogP contribution in [0.1, 0.15) is 30.0 Å². The molecule has 0 aliphatic heterocycles. The molecule has 1 heterocycles. The number of carboxylic acid groups (broad SMARTS) is 1. The number of nitrogens with zero attached hydrogens (tertiary/aromatic N) is 1. The Hall–Kier alpha value is -1.50. The lowest BCUT2D eigenvalue weighted by Crippen LogP contribution is -2.38. The summed E-state index contributed by atoms with van der Waals surface area (Å²) in [5.74, 6) is -1.60. The summed E-state index contributed by atoms with van der Waals surface area (Å²) in [7, 11) is 0. The summed E-state index contributed by atoms with van der Waals surface area (Å²) in [6.07, 6.45) is -3.16. The Morgan fingerprint density at radius 1 is 1.50 bits per heavy atom. The van der Waals surface area contributed by atoms with Gasteiger partial charge in [-0.05, 0) is 19.9 Å².